The molecule has 0 spiro atoms. The van der Waals surface area contributed by atoms with Crippen LogP contribution >= 0.6 is 11.8 Å². The largest absolute Gasteiger partial charge is 0.342 e. The maximum Gasteiger partial charge on any atom is 0.236 e. The summed E-state index contributed by atoms with van der Waals surface area (Å²) >= 11 is 2.03. The van der Waals surface area contributed by atoms with Gasteiger partial charge in [-0.05, 0) is 49.7 Å². The lowest BCUT2D eigenvalue weighted by molar-refractivity contribution is -0.131. The number of nitrogens with one attached hydrogen (secondary N) is 1. The fourth-order valence-electron chi connectivity index (χ4n) is 2.38. The molecular weight excluding hydrogens is 220 g/mol. The summed E-state index contributed by atoms with van der Waals surface area (Å²) in [7, 11) is 0. The molecule has 0 aromatic rings. The van der Waals surface area contributed by atoms with Crippen molar-refractivity contribution < 1.29 is 4.79 Å². The molecule has 2 fully saturated rings. The molecule has 2 aliphatic rings. The molecule has 0 saturated carbocycles. The Bertz CT molecular complexity index is 223. The summed E-state index contributed by atoms with van der Waals surface area (Å²) in [4.78, 5) is 13.8. The second kappa shape index (κ2) is 6.50. The van der Waals surface area contributed by atoms with Gasteiger partial charge < -0.3 is 10.2 Å². The summed E-state index contributed by atoms with van der Waals surface area (Å²) in [5.41, 5.74) is 0. The van der Waals surface area contributed by atoms with Crippen molar-refractivity contribution in [3.8, 4) is 0 Å². The highest BCUT2D eigenvalue weighted by Gasteiger charge is 2.18. The van der Waals surface area contributed by atoms with Gasteiger partial charge >= 0.3 is 0 Å². The third-order valence-corrected chi connectivity index (χ3v) is 4.67. The Morgan fingerprint density at radius 2 is 2.12 bits per heavy atom. The Hall–Kier alpha value is -0.220. The Morgan fingerprint density at radius 3 is 2.81 bits per heavy atom. The normalized spacial score (nSPS) is 26.0. The molecule has 4 heteroatoms. The van der Waals surface area contributed by atoms with E-state index >= 15 is 0 Å². The molecule has 2 saturated heterocycles. The first kappa shape index (κ1) is 12.2. The summed E-state index contributed by atoms with van der Waals surface area (Å²) in [6, 6.07) is 0. The molecule has 0 aromatic carbocycles. The van der Waals surface area contributed by atoms with Crippen molar-refractivity contribution in [1.82, 2.24) is 10.2 Å². The zero-order valence-corrected chi connectivity index (χ0v) is 10.7. The van der Waals surface area contributed by atoms with Crippen molar-refractivity contribution in [2.24, 2.45) is 5.92 Å². The average molecular weight is 242 g/mol. The summed E-state index contributed by atoms with van der Waals surface area (Å²) in [6.07, 6.45) is 4.97. The molecule has 0 aliphatic carbocycles. The van der Waals surface area contributed by atoms with E-state index in [0.717, 1.165) is 25.6 Å². The lowest BCUT2D eigenvalue weighted by Gasteiger charge is -2.27. The zero-order valence-electron chi connectivity index (χ0n) is 9.91. The van der Waals surface area contributed by atoms with Crippen molar-refractivity contribution in [2.45, 2.75) is 25.7 Å². The van der Waals surface area contributed by atoms with E-state index in [1.54, 1.807) is 0 Å². The Morgan fingerprint density at radius 1 is 1.31 bits per heavy atom. The SMILES string of the molecule is O=C(CNCC1CCSC1)N1CCCCC1. The van der Waals surface area contributed by atoms with Gasteiger partial charge in [-0.15, -0.1) is 0 Å². The number of likely N-dealkylation sites (tertiary alicyclic amines) is 1. The topological polar surface area (TPSA) is 32.3 Å². The molecule has 1 atom stereocenters. The Balaban J connectivity index is 1.59. The van der Waals surface area contributed by atoms with Gasteiger partial charge in [0.15, 0.2) is 0 Å². The zero-order chi connectivity index (χ0) is 11.2. The number of hydrogen-bond acceptors (Lipinski definition) is 3. The van der Waals surface area contributed by atoms with E-state index in [2.05, 4.69) is 5.32 Å². The quantitative estimate of drug-likeness (QED) is 0.807. The van der Waals surface area contributed by atoms with Gasteiger partial charge in [0.1, 0.15) is 0 Å². The van der Waals surface area contributed by atoms with Crippen molar-refractivity contribution >= 4 is 17.7 Å². The van der Waals surface area contributed by atoms with Crippen LogP contribution in [0, 0.1) is 5.92 Å². The van der Waals surface area contributed by atoms with E-state index in [-0.39, 0.29) is 0 Å². The molecule has 1 amide bonds. The molecule has 16 heavy (non-hydrogen) atoms. The minimum absolute atomic E-state index is 0.297. The van der Waals surface area contributed by atoms with E-state index in [1.807, 2.05) is 16.7 Å². The van der Waals surface area contributed by atoms with Crippen LogP contribution in [0.5, 0.6) is 0 Å². The van der Waals surface area contributed by atoms with Crippen LogP contribution in [-0.2, 0) is 4.79 Å². The first-order valence-corrected chi connectivity index (χ1v) is 7.58. The van der Waals surface area contributed by atoms with Crippen LogP contribution in [0.15, 0.2) is 0 Å². The molecule has 2 heterocycles. The van der Waals surface area contributed by atoms with E-state index in [1.165, 1.54) is 37.2 Å². The first-order chi connectivity index (χ1) is 7.86. The molecule has 3 nitrogen and oxygen atoms in total. The van der Waals surface area contributed by atoms with Crippen LogP contribution in [0.25, 0.3) is 0 Å². The molecule has 1 unspecified atom stereocenters. The number of piperidine rings is 1. The smallest absolute Gasteiger partial charge is 0.236 e. The van der Waals surface area contributed by atoms with Crippen molar-refractivity contribution in [3.05, 3.63) is 0 Å². The molecule has 0 aromatic heterocycles. The van der Waals surface area contributed by atoms with Crippen LogP contribution in [-0.4, -0.2) is 48.5 Å². The predicted molar refractivity (Wildman–Crippen MR) is 68.7 cm³/mol. The molecule has 92 valence electrons. The monoisotopic (exact) mass is 242 g/mol. The Labute approximate surface area is 102 Å². The molecule has 1 N–H and O–H groups in total. The van der Waals surface area contributed by atoms with Crippen molar-refractivity contribution in [1.29, 1.82) is 0 Å². The molecule has 2 rings (SSSR count). The number of hydrogen-bond donors (Lipinski definition) is 1. The molecular formula is C12H22N2OS. The maximum atomic E-state index is 11.8. The standard InChI is InChI=1S/C12H22N2OS/c15-12(14-5-2-1-3-6-14)9-13-8-11-4-7-16-10-11/h11,13H,1-10H2. The lowest BCUT2D eigenvalue weighted by Crippen LogP contribution is -2.42. The van der Waals surface area contributed by atoms with Gasteiger partial charge in [0.25, 0.3) is 0 Å². The van der Waals surface area contributed by atoms with Gasteiger partial charge in [-0.3, -0.25) is 4.79 Å². The van der Waals surface area contributed by atoms with Gasteiger partial charge in [-0.25, -0.2) is 0 Å². The van der Waals surface area contributed by atoms with Gasteiger partial charge in [0.05, 0.1) is 6.54 Å². The lowest BCUT2D eigenvalue weighted by atomic mass is 10.1. The van der Waals surface area contributed by atoms with Gasteiger partial charge in [0, 0.05) is 13.1 Å². The van der Waals surface area contributed by atoms with E-state index in [9.17, 15) is 4.79 Å². The van der Waals surface area contributed by atoms with Crippen molar-refractivity contribution in [2.75, 3.05) is 37.7 Å². The number of carbonyl (C=O) groups is 1. The van der Waals surface area contributed by atoms with Gasteiger partial charge in [0.2, 0.25) is 5.91 Å². The van der Waals surface area contributed by atoms with Crippen LogP contribution in [0.2, 0.25) is 0 Å². The van der Waals surface area contributed by atoms with Crippen LogP contribution in [0.1, 0.15) is 25.7 Å². The Kier molecular flexibility index (Phi) is 4.97. The van der Waals surface area contributed by atoms with E-state index in [4.69, 9.17) is 0 Å². The van der Waals surface area contributed by atoms with E-state index in [0.29, 0.717) is 12.5 Å². The van der Waals surface area contributed by atoms with E-state index < -0.39 is 0 Å². The summed E-state index contributed by atoms with van der Waals surface area (Å²) in [6.45, 7) is 3.51. The number of amides is 1. The summed E-state index contributed by atoms with van der Waals surface area (Å²) in [5.74, 6) is 3.65. The maximum absolute atomic E-state index is 11.8. The fourth-order valence-corrected chi connectivity index (χ4v) is 3.67. The minimum Gasteiger partial charge on any atom is -0.342 e. The molecule has 0 bridgehead atoms. The first-order valence-electron chi connectivity index (χ1n) is 6.42. The molecule has 0 radical (unpaired) electrons. The highest BCUT2D eigenvalue weighted by atomic mass is 32.2. The molecule has 2 aliphatic heterocycles. The van der Waals surface area contributed by atoms with Gasteiger partial charge in [-0.1, -0.05) is 0 Å². The number of thioether (sulfide) groups is 1. The highest BCUT2D eigenvalue weighted by Crippen LogP contribution is 2.22. The second-order valence-corrected chi connectivity index (χ2v) is 5.95. The predicted octanol–water partition coefficient (Wildman–Crippen LogP) is 1.34. The highest BCUT2D eigenvalue weighted by molar-refractivity contribution is 7.99. The van der Waals surface area contributed by atoms with Crippen molar-refractivity contribution in [3.63, 3.8) is 0 Å². The average Bonchev–Trinajstić information content (AvgIpc) is 2.83. The second-order valence-electron chi connectivity index (χ2n) is 4.80. The number of rotatable bonds is 4. The van der Waals surface area contributed by atoms with Crippen LogP contribution in [0.4, 0.5) is 0 Å². The fraction of sp³-hybridized carbons (Fsp3) is 0.917. The third-order valence-electron chi connectivity index (χ3n) is 3.44. The third kappa shape index (κ3) is 3.67. The number of carbonyl (C=O) groups excluding carboxylic acids is 1. The number of nitrogens with zero attached hydrogens (tertiary/aromatic N) is 1. The summed E-state index contributed by atoms with van der Waals surface area (Å²) in [5, 5.41) is 3.32. The van der Waals surface area contributed by atoms with Crippen LogP contribution in [0.3, 0.4) is 0 Å². The van der Waals surface area contributed by atoms with Crippen LogP contribution < -0.4 is 5.32 Å². The minimum atomic E-state index is 0.297. The van der Waals surface area contributed by atoms with Gasteiger partial charge in [-0.2, -0.15) is 11.8 Å². The summed E-state index contributed by atoms with van der Waals surface area (Å²) < 4.78 is 0.